The third kappa shape index (κ3) is 6.29. The van der Waals surface area contributed by atoms with E-state index in [1.165, 1.54) is 0 Å². The molecule has 0 radical (unpaired) electrons. The van der Waals surface area contributed by atoms with Crippen molar-refractivity contribution < 1.29 is 14.6 Å². The minimum atomic E-state index is -0.204. The van der Waals surface area contributed by atoms with E-state index in [0.717, 1.165) is 50.1 Å². The highest BCUT2D eigenvalue weighted by atomic mass is 16.5. The van der Waals surface area contributed by atoms with Crippen molar-refractivity contribution in [3.63, 3.8) is 0 Å². The number of rotatable bonds is 8. The molecule has 128 valence electrons. The van der Waals surface area contributed by atoms with E-state index >= 15 is 0 Å². The van der Waals surface area contributed by atoms with E-state index in [9.17, 15) is 9.90 Å². The van der Waals surface area contributed by atoms with Crippen LogP contribution in [0.15, 0.2) is 24.3 Å². The largest absolute Gasteiger partial charge is 0.393 e. The number of carbonyl (C=O) groups excluding carboxylic acids is 1. The molecule has 1 heterocycles. The Hall–Kier alpha value is -1.43. The van der Waals surface area contributed by atoms with E-state index < -0.39 is 0 Å². The number of nitrogens with one attached hydrogen (secondary N) is 1. The fourth-order valence-electron chi connectivity index (χ4n) is 2.73. The fourth-order valence-corrected chi connectivity index (χ4v) is 2.73. The van der Waals surface area contributed by atoms with Crippen LogP contribution in [0.25, 0.3) is 0 Å². The summed E-state index contributed by atoms with van der Waals surface area (Å²) in [6.07, 6.45) is 2.31. The first-order chi connectivity index (χ1) is 11.2. The van der Waals surface area contributed by atoms with Crippen LogP contribution in [0, 0.1) is 0 Å². The van der Waals surface area contributed by atoms with Crippen molar-refractivity contribution in [2.45, 2.75) is 45.4 Å². The molecule has 0 saturated carbocycles. The first kappa shape index (κ1) is 17.9. The first-order valence-electron chi connectivity index (χ1n) is 8.50. The predicted octanol–water partition coefficient (Wildman–Crippen LogP) is 1.69. The molecule has 2 N–H and O–H groups in total. The Kier molecular flexibility index (Phi) is 7.52. The summed E-state index contributed by atoms with van der Waals surface area (Å²) in [5, 5.41) is 12.5. The van der Waals surface area contributed by atoms with Crippen LogP contribution in [0.2, 0.25) is 0 Å². The Morgan fingerprint density at radius 3 is 2.70 bits per heavy atom. The number of amides is 1. The van der Waals surface area contributed by atoms with Crippen molar-refractivity contribution >= 4 is 5.91 Å². The highest BCUT2D eigenvalue weighted by molar-refractivity contribution is 5.78. The average molecular weight is 320 g/mol. The summed E-state index contributed by atoms with van der Waals surface area (Å²) >= 11 is 0. The van der Waals surface area contributed by atoms with Crippen LogP contribution in [0.3, 0.4) is 0 Å². The molecule has 1 aromatic carbocycles. The van der Waals surface area contributed by atoms with Crippen molar-refractivity contribution in [1.29, 1.82) is 0 Å². The maximum absolute atomic E-state index is 12.1. The Morgan fingerprint density at radius 2 is 2.00 bits per heavy atom. The van der Waals surface area contributed by atoms with Gasteiger partial charge in [0.1, 0.15) is 0 Å². The molecule has 0 bridgehead atoms. The lowest BCUT2D eigenvalue weighted by atomic mass is 10.1. The Bertz CT molecular complexity index is 485. The van der Waals surface area contributed by atoms with E-state index in [-0.39, 0.29) is 12.0 Å². The van der Waals surface area contributed by atoms with Crippen LogP contribution in [-0.4, -0.2) is 48.3 Å². The van der Waals surface area contributed by atoms with Crippen LogP contribution < -0.4 is 5.32 Å². The predicted molar refractivity (Wildman–Crippen MR) is 89.9 cm³/mol. The van der Waals surface area contributed by atoms with Crippen molar-refractivity contribution in [2.75, 3.05) is 26.2 Å². The fraction of sp³-hybridized carbons (Fsp3) is 0.611. The summed E-state index contributed by atoms with van der Waals surface area (Å²) in [5.74, 6) is 0.0330. The standard InChI is InChI=1S/C18H28N2O3/c1-2-11-23-14-16-6-4-3-5-15(16)12-19-18(22)13-20-9-7-17(21)8-10-20/h3-6,17,21H,2,7-14H2,1H3,(H,19,22). The molecule has 1 amide bonds. The minimum absolute atomic E-state index is 0.0330. The van der Waals surface area contributed by atoms with Gasteiger partial charge in [-0.15, -0.1) is 0 Å². The van der Waals surface area contributed by atoms with Crippen LogP contribution in [0.5, 0.6) is 0 Å². The topological polar surface area (TPSA) is 61.8 Å². The molecule has 1 fully saturated rings. The third-order valence-corrected chi connectivity index (χ3v) is 4.12. The zero-order chi connectivity index (χ0) is 16.5. The summed E-state index contributed by atoms with van der Waals surface area (Å²) < 4.78 is 5.60. The molecule has 23 heavy (non-hydrogen) atoms. The summed E-state index contributed by atoms with van der Waals surface area (Å²) in [4.78, 5) is 14.2. The lowest BCUT2D eigenvalue weighted by Gasteiger charge is -2.28. The lowest BCUT2D eigenvalue weighted by Crippen LogP contribution is -2.42. The van der Waals surface area contributed by atoms with Gasteiger partial charge in [0, 0.05) is 26.2 Å². The van der Waals surface area contributed by atoms with Gasteiger partial charge in [0.15, 0.2) is 0 Å². The zero-order valence-electron chi connectivity index (χ0n) is 14.0. The Labute approximate surface area is 138 Å². The second-order valence-electron chi connectivity index (χ2n) is 6.11. The number of likely N-dealkylation sites (tertiary alicyclic amines) is 1. The highest BCUT2D eigenvalue weighted by Crippen LogP contribution is 2.11. The SMILES string of the molecule is CCCOCc1ccccc1CNC(=O)CN1CCC(O)CC1. The van der Waals surface area contributed by atoms with Crippen molar-refractivity contribution in [2.24, 2.45) is 0 Å². The van der Waals surface area contributed by atoms with Gasteiger partial charge >= 0.3 is 0 Å². The van der Waals surface area contributed by atoms with Gasteiger partial charge in [0.2, 0.25) is 5.91 Å². The van der Waals surface area contributed by atoms with Gasteiger partial charge in [0.25, 0.3) is 0 Å². The van der Waals surface area contributed by atoms with Crippen LogP contribution in [0.4, 0.5) is 0 Å². The van der Waals surface area contributed by atoms with Gasteiger partial charge < -0.3 is 15.2 Å². The number of benzene rings is 1. The number of hydrogen-bond acceptors (Lipinski definition) is 4. The quantitative estimate of drug-likeness (QED) is 0.716. The van der Waals surface area contributed by atoms with Gasteiger partial charge in [-0.2, -0.15) is 0 Å². The maximum Gasteiger partial charge on any atom is 0.234 e. The Balaban J connectivity index is 1.77. The van der Waals surface area contributed by atoms with Crippen LogP contribution in [0.1, 0.15) is 37.3 Å². The van der Waals surface area contributed by atoms with E-state index in [1.807, 2.05) is 24.3 Å². The number of nitrogens with zero attached hydrogens (tertiary/aromatic N) is 1. The normalized spacial score (nSPS) is 16.4. The van der Waals surface area contributed by atoms with E-state index in [2.05, 4.69) is 17.1 Å². The second kappa shape index (κ2) is 9.65. The molecular formula is C18H28N2O3. The van der Waals surface area contributed by atoms with E-state index in [4.69, 9.17) is 4.74 Å². The molecule has 1 saturated heterocycles. The number of carbonyl (C=O) groups is 1. The van der Waals surface area contributed by atoms with Crippen molar-refractivity contribution in [1.82, 2.24) is 10.2 Å². The molecule has 2 rings (SSSR count). The molecule has 1 aliphatic heterocycles. The molecule has 5 heteroatoms. The van der Waals surface area contributed by atoms with Gasteiger partial charge in [0.05, 0.1) is 19.3 Å². The molecule has 0 aromatic heterocycles. The number of aliphatic hydroxyl groups excluding tert-OH is 1. The van der Waals surface area contributed by atoms with E-state index in [0.29, 0.717) is 19.7 Å². The summed E-state index contributed by atoms with van der Waals surface area (Å²) in [6.45, 7) is 5.94. The number of ether oxygens (including phenoxy) is 1. The van der Waals surface area contributed by atoms with Gasteiger partial charge in [-0.25, -0.2) is 0 Å². The summed E-state index contributed by atoms with van der Waals surface area (Å²) in [6, 6.07) is 8.05. The van der Waals surface area contributed by atoms with Gasteiger partial charge in [-0.05, 0) is 30.4 Å². The average Bonchev–Trinajstić information content (AvgIpc) is 2.56. The van der Waals surface area contributed by atoms with Gasteiger partial charge in [-0.1, -0.05) is 31.2 Å². The minimum Gasteiger partial charge on any atom is -0.393 e. The number of aliphatic hydroxyl groups is 1. The molecule has 5 nitrogen and oxygen atoms in total. The lowest BCUT2D eigenvalue weighted by molar-refractivity contribution is -0.123. The summed E-state index contributed by atoms with van der Waals surface area (Å²) in [5.41, 5.74) is 2.23. The van der Waals surface area contributed by atoms with Crippen LogP contribution in [-0.2, 0) is 22.7 Å². The highest BCUT2D eigenvalue weighted by Gasteiger charge is 2.18. The van der Waals surface area contributed by atoms with Crippen molar-refractivity contribution in [3.05, 3.63) is 35.4 Å². The number of hydrogen-bond donors (Lipinski definition) is 2. The molecule has 0 spiro atoms. The molecular weight excluding hydrogens is 292 g/mol. The van der Waals surface area contributed by atoms with Crippen molar-refractivity contribution in [3.8, 4) is 0 Å². The molecule has 0 aliphatic carbocycles. The third-order valence-electron chi connectivity index (χ3n) is 4.12. The maximum atomic E-state index is 12.1. The summed E-state index contributed by atoms with van der Waals surface area (Å²) in [7, 11) is 0. The molecule has 1 aliphatic rings. The van der Waals surface area contributed by atoms with Crippen LogP contribution >= 0.6 is 0 Å². The first-order valence-corrected chi connectivity index (χ1v) is 8.50. The Morgan fingerprint density at radius 1 is 1.30 bits per heavy atom. The zero-order valence-corrected chi connectivity index (χ0v) is 14.0. The second-order valence-corrected chi connectivity index (χ2v) is 6.11. The van der Waals surface area contributed by atoms with Gasteiger partial charge in [-0.3, -0.25) is 9.69 Å². The molecule has 1 aromatic rings. The monoisotopic (exact) mass is 320 g/mol. The molecule has 0 unspecified atom stereocenters. The number of piperidine rings is 1. The smallest absolute Gasteiger partial charge is 0.234 e. The van der Waals surface area contributed by atoms with E-state index in [1.54, 1.807) is 0 Å². The molecule has 0 atom stereocenters.